The normalized spacial score (nSPS) is 16.8. The van der Waals surface area contributed by atoms with Crippen molar-refractivity contribution < 1.29 is 9.52 Å². The third-order valence-corrected chi connectivity index (χ3v) is 4.39. The zero-order valence-corrected chi connectivity index (χ0v) is 13.7. The molecule has 0 unspecified atom stereocenters. The smallest absolute Gasteiger partial charge is 0.180 e. The molecule has 1 aliphatic carbocycles. The molecule has 1 aromatic rings. The molecule has 1 heterocycles. The van der Waals surface area contributed by atoms with E-state index >= 15 is 0 Å². The summed E-state index contributed by atoms with van der Waals surface area (Å²) in [7, 11) is 0. The molecule has 1 aromatic heterocycles. The molecule has 116 valence electrons. The summed E-state index contributed by atoms with van der Waals surface area (Å²) in [6.45, 7) is 8.24. The van der Waals surface area contributed by atoms with Crippen LogP contribution in [0.25, 0.3) is 0 Å². The van der Waals surface area contributed by atoms with Gasteiger partial charge in [0.1, 0.15) is 6.26 Å². The Morgan fingerprint density at radius 1 is 1.10 bits per heavy atom. The van der Waals surface area contributed by atoms with Crippen LogP contribution in [-0.4, -0.2) is 15.7 Å². The summed E-state index contributed by atoms with van der Waals surface area (Å²) in [6, 6.07) is 0. The summed E-state index contributed by atoms with van der Waals surface area (Å²) in [5.41, 5.74) is 6.47. The molecule has 1 aliphatic rings. The summed E-state index contributed by atoms with van der Waals surface area (Å²) in [4.78, 5) is 4.20. The van der Waals surface area contributed by atoms with Crippen LogP contribution in [0.2, 0.25) is 0 Å². The number of rotatable bonds is 6. The highest BCUT2D eigenvalue weighted by Gasteiger charge is 2.19. The average Bonchev–Trinajstić information content (AvgIpc) is 2.90. The SMILES string of the molecule is CC1=C(C)CC(CCC(C)(C)O)=C(CCc2cocn2)C1. The average molecular weight is 289 g/mol. The molecule has 3 heteroatoms. The van der Waals surface area contributed by atoms with Crippen LogP contribution in [0.1, 0.15) is 65.5 Å². The summed E-state index contributed by atoms with van der Waals surface area (Å²) in [5, 5.41) is 9.98. The van der Waals surface area contributed by atoms with Gasteiger partial charge in [-0.1, -0.05) is 22.3 Å². The second kappa shape index (κ2) is 6.61. The van der Waals surface area contributed by atoms with E-state index in [4.69, 9.17) is 4.42 Å². The van der Waals surface area contributed by atoms with Gasteiger partial charge in [-0.2, -0.15) is 0 Å². The zero-order chi connectivity index (χ0) is 15.5. The molecule has 0 fully saturated rings. The van der Waals surface area contributed by atoms with Crippen molar-refractivity contribution in [2.75, 3.05) is 0 Å². The number of aromatic nitrogens is 1. The van der Waals surface area contributed by atoms with E-state index in [-0.39, 0.29) is 0 Å². The van der Waals surface area contributed by atoms with E-state index in [1.54, 1.807) is 6.26 Å². The van der Waals surface area contributed by atoms with Crippen LogP contribution in [-0.2, 0) is 6.42 Å². The predicted molar refractivity (Wildman–Crippen MR) is 85.0 cm³/mol. The number of hydrogen-bond acceptors (Lipinski definition) is 3. The van der Waals surface area contributed by atoms with Crippen LogP contribution in [0.5, 0.6) is 0 Å². The Bertz CT molecular complexity index is 530. The molecule has 0 saturated carbocycles. The molecule has 0 spiro atoms. The molecule has 0 aliphatic heterocycles. The molecule has 0 saturated heterocycles. The minimum absolute atomic E-state index is 0.589. The van der Waals surface area contributed by atoms with Gasteiger partial charge in [-0.3, -0.25) is 0 Å². The van der Waals surface area contributed by atoms with E-state index in [9.17, 15) is 5.11 Å². The largest absolute Gasteiger partial charge is 0.451 e. The van der Waals surface area contributed by atoms with Crippen molar-refractivity contribution in [2.24, 2.45) is 0 Å². The van der Waals surface area contributed by atoms with Crippen molar-refractivity contribution in [1.29, 1.82) is 0 Å². The van der Waals surface area contributed by atoms with Crippen LogP contribution in [0.3, 0.4) is 0 Å². The Morgan fingerprint density at radius 3 is 2.24 bits per heavy atom. The van der Waals surface area contributed by atoms with Crippen molar-refractivity contribution in [3.8, 4) is 0 Å². The van der Waals surface area contributed by atoms with Crippen molar-refractivity contribution in [3.63, 3.8) is 0 Å². The van der Waals surface area contributed by atoms with Gasteiger partial charge >= 0.3 is 0 Å². The Hall–Kier alpha value is -1.35. The van der Waals surface area contributed by atoms with Gasteiger partial charge in [0.2, 0.25) is 0 Å². The standard InChI is InChI=1S/C18H27NO2/c1-13-9-15(5-6-17-11-21-12-19-17)16(10-14(13)2)7-8-18(3,4)20/h11-12,20H,5-10H2,1-4H3. The fourth-order valence-electron chi connectivity index (χ4n) is 2.82. The summed E-state index contributed by atoms with van der Waals surface area (Å²) < 4.78 is 5.04. The van der Waals surface area contributed by atoms with Gasteiger partial charge in [0.25, 0.3) is 0 Å². The van der Waals surface area contributed by atoms with E-state index < -0.39 is 5.60 Å². The first kappa shape index (κ1) is 16.0. The maximum absolute atomic E-state index is 9.98. The lowest BCUT2D eigenvalue weighted by atomic mass is 9.82. The molecule has 21 heavy (non-hydrogen) atoms. The van der Waals surface area contributed by atoms with Gasteiger partial charge in [-0.15, -0.1) is 0 Å². The van der Waals surface area contributed by atoms with E-state index in [0.29, 0.717) is 0 Å². The molecule has 3 nitrogen and oxygen atoms in total. The van der Waals surface area contributed by atoms with Crippen LogP contribution in [0.4, 0.5) is 0 Å². The second-order valence-electron chi connectivity index (χ2n) is 6.91. The molecule has 2 rings (SSSR count). The Labute approximate surface area is 127 Å². The fourth-order valence-corrected chi connectivity index (χ4v) is 2.82. The minimum Gasteiger partial charge on any atom is -0.451 e. The molecule has 0 bridgehead atoms. The Morgan fingerprint density at radius 2 is 1.71 bits per heavy atom. The summed E-state index contributed by atoms with van der Waals surface area (Å²) in [5.74, 6) is 0. The molecular formula is C18H27NO2. The molecule has 1 N–H and O–H groups in total. The zero-order valence-electron chi connectivity index (χ0n) is 13.7. The first-order chi connectivity index (χ1) is 9.85. The van der Waals surface area contributed by atoms with Crippen molar-refractivity contribution in [3.05, 3.63) is 40.6 Å². The van der Waals surface area contributed by atoms with Gasteiger partial charge in [0.05, 0.1) is 11.3 Å². The van der Waals surface area contributed by atoms with E-state index in [1.165, 1.54) is 28.7 Å². The lowest BCUT2D eigenvalue weighted by molar-refractivity contribution is 0.0711. The van der Waals surface area contributed by atoms with Gasteiger partial charge < -0.3 is 9.52 Å². The van der Waals surface area contributed by atoms with Gasteiger partial charge in [0.15, 0.2) is 6.39 Å². The molecule has 0 aromatic carbocycles. The van der Waals surface area contributed by atoms with E-state index in [2.05, 4.69) is 18.8 Å². The van der Waals surface area contributed by atoms with Crippen LogP contribution in [0, 0.1) is 0 Å². The molecule has 0 atom stereocenters. The number of aliphatic hydroxyl groups is 1. The fraction of sp³-hybridized carbons (Fsp3) is 0.611. The lowest BCUT2D eigenvalue weighted by Gasteiger charge is -2.25. The van der Waals surface area contributed by atoms with E-state index in [0.717, 1.165) is 44.2 Å². The number of nitrogens with zero attached hydrogens (tertiary/aromatic N) is 1. The predicted octanol–water partition coefficient (Wildman–Crippen LogP) is 4.59. The lowest BCUT2D eigenvalue weighted by Crippen LogP contribution is -2.19. The highest BCUT2D eigenvalue weighted by molar-refractivity contribution is 5.33. The van der Waals surface area contributed by atoms with Gasteiger partial charge in [0, 0.05) is 0 Å². The maximum Gasteiger partial charge on any atom is 0.180 e. The second-order valence-corrected chi connectivity index (χ2v) is 6.91. The maximum atomic E-state index is 9.98. The van der Waals surface area contributed by atoms with Crippen molar-refractivity contribution >= 4 is 0 Å². The Kier molecular flexibility index (Phi) is 5.04. The molecular weight excluding hydrogens is 262 g/mol. The third-order valence-electron chi connectivity index (χ3n) is 4.39. The highest BCUT2D eigenvalue weighted by Crippen LogP contribution is 2.35. The van der Waals surface area contributed by atoms with E-state index in [1.807, 2.05) is 13.8 Å². The first-order valence-corrected chi connectivity index (χ1v) is 7.79. The molecule has 0 radical (unpaired) electrons. The van der Waals surface area contributed by atoms with Crippen LogP contribution < -0.4 is 0 Å². The van der Waals surface area contributed by atoms with Crippen LogP contribution >= 0.6 is 0 Å². The number of allylic oxidation sites excluding steroid dienone is 4. The first-order valence-electron chi connectivity index (χ1n) is 7.79. The third kappa shape index (κ3) is 4.85. The number of aryl methyl sites for hydroxylation is 1. The summed E-state index contributed by atoms with van der Waals surface area (Å²) >= 11 is 0. The highest BCUT2D eigenvalue weighted by atomic mass is 16.3. The van der Waals surface area contributed by atoms with Crippen molar-refractivity contribution in [2.45, 2.75) is 71.8 Å². The summed E-state index contributed by atoms with van der Waals surface area (Å²) in [6.07, 6.45) is 9.15. The monoisotopic (exact) mass is 289 g/mol. The number of oxazole rings is 1. The quantitative estimate of drug-likeness (QED) is 0.779. The van der Waals surface area contributed by atoms with Gasteiger partial charge in [-0.25, -0.2) is 4.98 Å². The topological polar surface area (TPSA) is 46.3 Å². The van der Waals surface area contributed by atoms with Crippen molar-refractivity contribution in [1.82, 2.24) is 4.98 Å². The van der Waals surface area contributed by atoms with Gasteiger partial charge in [-0.05, 0) is 66.2 Å². The Balaban J connectivity index is 2.05. The van der Waals surface area contributed by atoms with Crippen LogP contribution in [0.15, 0.2) is 39.4 Å². The number of hydrogen-bond donors (Lipinski definition) is 1. The molecule has 0 amide bonds. The minimum atomic E-state index is -0.589.